The summed E-state index contributed by atoms with van der Waals surface area (Å²) in [7, 11) is 1.62. The molecule has 18 heavy (non-hydrogen) atoms. The van der Waals surface area contributed by atoms with Gasteiger partial charge in [-0.15, -0.1) is 0 Å². The molecular formula is C14H22ClNO2. The number of methoxy groups -OCH3 is 1. The second kappa shape index (κ2) is 7.49. The number of ether oxygens (including phenoxy) is 2. The zero-order chi connectivity index (χ0) is 13.5. The van der Waals surface area contributed by atoms with Crippen molar-refractivity contribution < 1.29 is 9.47 Å². The summed E-state index contributed by atoms with van der Waals surface area (Å²) in [6.45, 7) is 4.78. The Kier molecular flexibility index (Phi) is 6.30. The molecule has 1 rings (SSSR count). The van der Waals surface area contributed by atoms with E-state index in [2.05, 4.69) is 13.8 Å². The monoisotopic (exact) mass is 271 g/mol. The maximum absolute atomic E-state index is 6.26. The van der Waals surface area contributed by atoms with Crippen LogP contribution in [-0.4, -0.2) is 19.8 Å². The minimum atomic E-state index is 0.164. The van der Waals surface area contributed by atoms with Crippen LogP contribution in [0.25, 0.3) is 0 Å². The summed E-state index contributed by atoms with van der Waals surface area (Å²) in [5.41, 5.74) is 6.61. The van der Waals surface area contributed by atoms with Crippen LogP contribution >= 0.6 is 11.6 Å². The molecule has 102 valence electrons. The SMILES string of the molecule is CCC(CC)Oc1c(Cl)cc(CCN)cc1OC. The van der Waals surface area contributed by atoms with Crippen molar-refractivity contribution in [1.29, 1.82) is 0 Å². The van der Waals surface area contributed by atoms with Crippen molar-refractivity contribution in [2.45, 2.75) is 39.2 Å². The van der Waals surface area contributed by atoms with Gasteiger partial charge in [0.15, 0.2) is 11.5 Å². The van der Waals surface area contributed by atoms with E-state index >= 15 is 0 Å². The second-order valence-corrected chi connectivity index (χ2v) is 4.61. The van der Waals surface area contributed by atoms with E-state index in [1.807, 2.05) is 12.1 Å². The Morgan fingerprint density at radius 1 is 1.28 bits per heavy atom. The van der Waals surface area contributed by atoms with Crippen LogP contribution in [0.4, 0.5) is 0 Å². The third-order valence-corrected chi connectivity index (χ3v) is 3.20. The average molecular weight is 272 g/mol. The summed E-state index contributed by atoms with van der Waals surface area (Å²) in [6, 6.07) is 3.84. The van der Waals surface area contributed by atoms with Crippen molar-refractivity contribution in [3.8, 4) is 11.5 Å². The van der Waals surface area contributed by atoms with Crippen molar-refractivity contribution in [3.05, 3.63) is 22.7 Å². The lowest BCUT2D eigenvalue weighted by Gasteiger charge is -2.19. The number of hydrogen-bond donors (Lipinski definition) is 1. The van der Waals surface area contributed by atoms with E-state index in [9.17, 15) is 0 Å². The lowest BCUT2D eigenvalue weighted by Crippen LogP contribution is -2.14. The molecule has 3 nitrogen and oxygen atoms in total. The Labute approximate surface area is 114 Å². The van der Waals surface area contributed by atoms with Gasteiger partial charge in [-0.2, -0.15) is 0 Å². The van der Waals surface area contributed by atoms with Crippen LogP contribution in [0.3, 0.4) is 0 Å². The van der Waals surface area contributed by atoms with Gasteiger partial charge in [-0.1, -0.05) is 25.4 Å². The van der Waals surface area contributed by atoms with Gasteiger partial charge in [0, 0.05) is 0 Å². The Morgan fingerprint density at radius 2 is 1.94 bits per heavy atom. The third-order valence-electron chi connectivity index (χ3n) is 2.92. The first kappa shape index (κ1) is 15.1. The van der Waals surface area contributed by atoms with Crippen LogP contribution < -0.4 is 15.2 Å². The fourth-order valence-corrected chi connectivity index (χ4v) is 2.10. The molecule has 0 aliphatic heterocycles. The highest BCUT2D eigenvalue weighted by Gasteiger charge is 2.15. The number of halogens is 1. The highest BCUT2D eigenvalue weighted by atomic mass is 35.5. The van der Waals surface area contributed by atoms with E-state index in [-0.39, 0.29) is 6.10 Å². The number of hydrogen-bond acceptors (Lipinski definition) is 3. The van der Waals surface area contributed by atoms with E-state index in [4.69, 9.17) is 26.8 Å². The molecule has 0 aromatic heterocycles. The van der Waals surface area contributed by atoms with Gasteiger partial charge in [0.25, 0.3) is 0 Å². The molecule has 0 aliphatic carbocycles. The van der Waals surface area contributed by atoms with E-state index in [1.165, 1.54) is 0 Å². The summed E-state index contributed by atoms with van der Waals surface area (Å²) in [5.74, 6) is 1.31. The van der Waals surface area contributed by atoms with Gasteiger partial charge in [-0.05, 0) is 43.5 Å². The fourth-order valence-electron chi connectivity index (χ4n) is 1.82. The summed E-state index contributed by atoms with van der Waals surface area (Å²) >= 11 is 6.26. The minimum Gasteiger partial charge on any atom is -0.493 e. The second-order valence-electron chi connectivity index (χ2n) is 4.20. The normalized spacial score (nSPS) is 10.8. The summed E-state index contributed by atoms with van der Waals surface area (Å²) in [4.78, 5) is 0. The van der Waals surface area contributed by atoms with Crippen LogP contribution in [0.1, 0.15) is 32.3 Å². The molecule has 0 saturated carbocycles. The minimum absolute atomic E-state index is 0.164. The molecule has 1 aromatic carbocycles. The van der Waals surface area contributed by atoms with Crippen molar-refractivity contribution in [2.75, 3.05) is 13.7 Å². The van der Waals surface area contributed by atoms with E-state index in [0.29, 0.717) is 23.1 Å². The van der Waals surface area contributed by atoms with Crippen LogP contribution in [0.5, 0.6) is 11.5 Å². The molecule has 0 aliphatic rings. The number of nitrogens with two attached hydrogens (primary N) is 1. The third kappa shape index (κ3) is 3.79. The lowest BCUT2D eigenvalue weighted by molar-refractivity contribution is 0.185. The van der Waals surface area contributed by atoms with E-state index in [0.717, 1.165) is 24.8 Å². The smallest absolute Gasteiger partial charge is 0.180 e. The molecule has 0 spiro atoms. The zero-order valence-electron chi connectivity index (χ0n) is 11.3. The van der Waals surface area contributed by atoms with Crippen molar-refractivity contribution >= 4 is 11.6 Å². The van der Waals surface area contributed by atoms with Crippen LogP contribution in [0.2, 0.25) is 5.02 Å². The van der Waals surface area contributed by atoms with Gasteiger partial charge in [0.1, 0.15) is 0 Å². The largest absolute Gasteiger partial charge is 0.493 e. The predicted octanol–water partition coefficient (Wildman–Crippen LogP) is 3.42. The molecule has 2 N–H and O–H groups in total. The van der Waals surface area contributed by atoms with E-state index in [1.54, 1.807) is 7.11 Å². The number of benzene rings is 1. The highest BCUT2D eigenvalue weighted by molar-refractivity contribution is 6.32. The standard InChI is InChI=1S/C14H22ClNO2/c1-4-11(5-2)18-14-12(15)8-10(6-7-16)9-13(14)17-3/h8-9,11H,4-7,16H2,1-3H3. The van der Waals surface area contributed by atoms with Crippen molar-refractivity contribution in [1.82, 2.24) is 0 Å². The highest BCUT2D eigenvalue weighted by Crippen LogP contribution is 2.37. The van der Waals surface area contributed by atoms with E-state index < -0.39 is 0 Å². The Bertz CT molecular complexity index is 378. The quantitative estimate of drug-likeness (QED) is 0.826. The fraction of sp³-hybridized carbons (Fsp3) is 0.571. The first-order valence-corrected chi connectivity index (χ1v) is 6.77. The Balaban J connectivity index is 3.02. The van der Waals surface area contributed by atoms with Gasteiger partial charge in [0.05, 0.1) is 18.2 Å². The molecule has 0 heterocycles. The lowest BCUT2D eigenvalue weighted by atomic mass is 10.1. The van der Waals surface area contributed by atoms with Crippen molar-refractivity contribution in [3.63, 3.8) is 0 Å². The number of rotatable bonds is 7. The molecule has 0 amide bonds. The van der Waals surface area contributed by atoms with Gasteiger partial charge in [0.2, 0.25) is 0 Å². The molecule has 0 bridgehead atoms. The Hall–Kier alpha value is -0.930. The average Bonchev–Trinajstić information content (AvgIpc) is 2.37. The maximum Gasteiger partial charge on any atom is 0.180 e. The molecule has 0 unspecified atom stereocenters. The van der Waals surface area contributed by atoms with Gasteiger partial charge in [-0.25, -0.2) is 0 Å². The first-order chi connectivity index (χ1) is 8.65. The summed E-state index contributed by atoms with van der Waals surface area (Å²) < 4.78 is 11.3. The first-order valence-electron chi connectivity index (χ1n) is 6.39. The Morgan fingerprint density at radius 3 is 2.44 bits per heavy atom. The zero-order valence-corrected chi connectivity index (χ0v) is 12.1. The molecule has 0 fully saturated rings. The molecule has 4 heteroatoms. The van der Waals surface area contributed by atoms with Crippen LogP contribution in [0, 0.1) is 0 Å². The van der Waals surface area contributed by atoms with Gasteiger partial charge >= 0.3 is 0 Å². The van der Waals surface area contributed by atoms with Crippen LogP contribution in [0.15, 0.2) is 12.1 Å². The topological polar surface area (TPSA) is 44.5 Å². The van der Waals surface area contributed by atoms with Gasteiger partial charge < -0.3 is 15.2 Å². The van der Waals surface area contributed by atoms with Gasteiger partial charge in [-0.3, -0.25) is 0 Å². The summed E-state index contributed by atoms with van der Waals surface area (Å²) in [6.07, 6.45) is 2.83. The molecule has 0 saturated heterocycles. The molecule has 0 atom stereocenters. The predicted molar refractivity (Wildman–Crippen MR) is 75.8 cm³/mol. The van der Waals surface area contributed by atoms with Crippen LogP contribution in [-0.2, 0) is 6.42 Å². The summed E-state index contributed by atoms with van der Waals surface area (Å²) in [5, 5.41) is 0.588. The molecular weight excluding hydrogens is 250 g/mol. The molecule has 1 aromatic rings. The maximum atomic E-state index is 6.26. The molecule has 0 radical (unpaired) electrons. The van der Waals surface area contributed by atoms with Crippen molar-refractivity contribution in [2.24, 2.45) is 5.73 Å².